The molecular formula is C26H21Cl2FN4O2. The van der Waals surface area contributed by atoms with E-state index in [1.807, 2.05) is 18.2 Å². The average Bonchev–Trinajstić information content (AvgIpc) is 3.25. The number of hydrogen-bond donors (Lipinski definition) is 1. The number of urea groups is 1. The van der Waals surface area contributed by atoms with Crippen LogP contribution in [0.25, 0.3) is 0 Å². The van der Waals surface area contributed by atoms with Gasteiger partial charge >= 0.3 is 6.03 Å². The maximum absolute atomic E-state index is 14.4. The molecule has 0 radical (unpaired) electrons. The number of aliphatic imine (C=N–C) groups is 1. The van der Waals surface area contributed by atoms with Crippen LogP contribution in [0.2, 0.25) is 10.0 Å². The Kier molecular flexibility index (Phi) is 6.45. The van der Waals surface area contributed by atoms with Crippen molar-refractivity contribution in [3.8, 4) is 0 Å². The van der Waals surface area contributed by atoms with Gasteiger partial charge in [0.1, 0.15) is 17.7 Å². The Labute approximate surface area is 212 Å². The molecule has 2 aliphatic rings. The van der Waals surface area contributed by atoms with Crippen LogP contribution in [0, 0.1) is 5.82 Å². The third kappa shape index (κ3) is 4.61. The Balaban J connectivity index is 1.67. The molecular weight excluding hydrogens is 490 g/mol. The summed E-state index contributed by atoms with van der Waals surface area (Å²) in [6.45, 7) is 0.337. The van der Waals surface area contributed by atoms with Gasteiger partial charge in [0.25, 0.3) is 0 Å². The van der Waals surface area contributed by atoms with E-state index in [9.17, 15) is 14.0 Å². The van der Waals surface area contributed by atoms with Gasteiger partial charge in [-0.3, -0.25) is 14.7 Å². The van der Waals surface area contributed by atoms with E-state index in [0.717, 1.165) is 5.56 Å². The number of amides is 3. The molecule has 35 heavy (non-hydrogen) atoms. The zero-order valence-electron chi connectivity index (χ0n) is 18.5. The number of nitrogens with zero attached hydrogens (tertiary/aromatic N) is 3. The van der Waals surface area contributed by atoms with Crippen LogP contribution in [0.4, 0.5) is 9.18 Å². The number of carbonyl (C=O) groups is 2. The fourth-order valence-electron chi connectivity index (χ4n) is 4.43. The van der Waals surface area contributed by atoms with Crippen molar-refractivity contribution < 1.29 is 14.0 Å². The van der Waals surface area contributed by atoms with Gasteiger partial charge in [0.2, 0.25) is 5.91 Å². The van der Waals surface area contributed by atoms with Gasteiger partial charge in [0.15, 0.2) is 0 Å². The highest BCUT2D eigenvalue weighted by Gasteiger charge is 2.44. The minimum absolute atomic E-state index is 0.0749. The second kappa shape index (κ2) is 9.68. The number of nitrogens with one attached hydrogen (secondary N) is 1. The Bertz CT molecular complexity index is 1300. The first kappa shape index (κ1) is 23.3. The lowest BCUT2D eigenvalue weighted by Gasteiger charge is -2.36. The molecule has 1 N–H and O–H groups in total. The Morgan fingerprint density at radius 1 is 1.00 bits per heavy atom. The Morgan fingerprint density at radius 2 is 1.77 bits per heavy atom. The molecule has 0 spiro atoms. The van der Waals surface area contributed by atoms with Crippen LogP contribution < -0.4 is 5.32 Å². The molecule has 0 bridgehead atoms. The molecule has 2 heterocycles. The summed E-state index contributed by atoms with van der Waals surface area (Å²) in [6, 6.07) is 19.0. The van der Waals surface area contributed by atoms with Crippen LogP contribution in [0.1, 0.15) is 35.2 Å². The zero-order valence-corrected chi connectivity index (χ0v) is 20.0. The molecule has 178 valence electrons. The smallest absolute Gasteiger partial charge is 0.327 e. The van der Waals surface area contributed by atoms with E-state index in [1.54, 1.807) is 52.3 Å². The summed E-state index contributed by atoms with van der Waals surface area (Å²) in [5.41, 5.74) is 1.99. The van der Waals surface area contributed by atoms with Gasteiger partial charge in [-0.1, -0.05) is 59.6 Å². The van der Waals surface area contributed by atoms with Crippen molar-refractivity contribution in [1.29, 1.82) is 0 Å². The monoisotopic (exact) mass is 510 g/mol. The van der Waals surface area contributed by atoms with E-state index in [2.05, 4.69) is 5.32 Å². The lowest BCUT2D eigenvalue weighted by molar-refractivity contribution is -0.123. The van der Waals surface area contributed by atoms with Crippen molar-refractivity contribution in [1.82, 2.24) is 15.1 Å². The van der Waals surface area contributed by atoms with E-state index < -0.39 is 17.9 Å². The minimum Gasteiger partial charge on any atom is -0.338 e. The van der Waals surface area contributed by atoms with E-state index in [4.69, 9.17) is 28.2 Å². The molecule has 2 unspecified atom stereocenters. The maximum atomic E-state index is 14.4. The number of hydrogen-bond acceptors (Lipinski definition) is 3. The van der Waals surface area contributed by atoms with Gasteiger partial charge in [-0.2, -0.15) is 0 Å². The van der Waals surface area contributed by atoms with Gasteiger partial charge in [0.05, 0.1) is 17.7 Å². The summed E-state index contributed by atoms with van der Waals surface area (Å²) in [4.78, 5) is 33.8. The first-order valence-corrected chi connectivity index (χ1v) is 11.9. The molecule has 3 aromatic carbocycles. The molecule has 2 atom stereocenters. The second-order valence-corrected chi connectivity index (χ2v) is 9.20. The molecule has 3 aromatic rings. The quantitative estimate of drug-likeness (QED) is 0.499. The SMILES string of the molecule is O=C1CCN(C(=O)N2C(c3ccccc3Cl)=NC(c3ccc(Cl)cc3)C2c2cccc(F)c2)CN1. The molecule has 9 heteroatoms. The first-order valence-electron chi connectivity index (χ1n) is 11.1. The van der Waals surface area contributed by atoms with Crippen molar-refractivity contribution in [2.75, 3.05) is 13.2 Å². The highest BCUT2D eigenvalue weighted by atomic mass is 35.5. The average molecular weight is 511 g/mol. The number of halogens is 3. The van der Waals surface area contributed by atoms with Crippen LogP contribution in [-0.4, -0.2) is 40.8 Å². The van der Waals surface area contributed by atoms with Gasteiger partial charge in [-0.15, -0.1) is 0 Å². The number of rotatable bonds is 3. The van der Waals surface area contributed by atoms with E-state index in [-0.39, 0.29) is 31.6 Å². The number of amidine groups is 1. The summed E-state index contributed by atoms with van der Waals surface area (Å²) in [6.07, 6.45) is 0.198. The lowest BCUT2D eigenvalue weighted by Crippen LogP contribution is -2.53. The van der Waals surface area contributed by atoms with Gasteiger partial charge in [-0.05, 0) is 47.5 Å². The predicted octanol–water partition coefficient (Wildman–Crippen LogP) is 5.58. The second-order valence-electron chi connectivity index (χ2n) is 8.35. The van der Waals surface area contributed by atoms with Gasteiger partial charge in [-0.25, -0.2) is 9.18 Å². The molecule has 2 aliphatic heterocycles. The van der Waals surface area contributed by atoms with Crippen LogP contribution in [-0.2, 0) is 4.79 Å². The standard InChI is InChI=1S/C26H21Cl2FN4O2/c27-18-10-8-16(9-11-18)23-24(17-4-3-5-19(29)14-17)33(26(35)32-13-12-22(34)30-15-32)25(31-23)20-6-1-2-7-21(20)28/h1-11,14,23-24H,12-13,15H2,(H,30,34). The zero-order chi connectivity index (χ0) is 24.5. The number of benzene rings is 3. The molecule has 6 nitrogen and oxygen atoms in total. The van der Waals surface area contributed by atoms with Crippen LogP contribution in [0.15, 0.2) is 77.8 Å². The summed E-state index contributed by atoms with van der Waals surface area (Å²) >= 11 is 12.7. The van der Waals surface area contributed by atoms with E-state index in [1.165, 1.54) is 12.1 Å². The predicted molar refractivity (Wildman–Crippen MR) is 133 cm³/mol. The van der Waals surface area contributed by atoms with Crippen molar-refractivity contribution >= 4 is 41.0 Å². The molecule has 3 amide bonds. The highest BCUT2D eigenvalue weighted by molar-refractivity contribution is 6.34. The van der Waals surface area contributed by atoms with Crippen molar-refractivity contribution in [2.45, 2.75) is 18.5 Å². The largest absolute Gasteiger partial charge is 0.338 e. The van der Waals surface area contributed by atoms with Crippen molar-refractivity contribution in [3.63, 3.8) is 0 Å². The molecule has 0 aliphatic carbocycles. The Morgan fingerprint density at radius 3 is 2.46 bits per heavy atom. The lowest BCUT2D eigenvalue weighted by atomic mass is 9.93. The summed E-state index contributed by atoms with van der Waals surface area (Å²) in [7, 11) is 0. The van der Waals surface area contributed by atoms with Crippen molar-refractivity contribution in [3.05, 3.63) is 105 Å². The van der Waals surface area contributed by atoms with Crippen LogP contribution in [0.3, 0.4) is 0 Å². The summed E-state index contributed by atoms with van der Waals surface area (Å²) in [5.74, 6) is -0.149. The highest BCUT2D eigenvalue weighted by Crippen LogP contribution is 2.45. The molecule has 5 rings (SSSR count). The number of carbonyl (C=O) groups excluding carboxylic acids is 2. The van der Waals surface area contributed by atoms with Gasteiger partial charge < -0.3 is 10.2 Å². The molecule has 0 saturated carbocycles. The fourth-order valence-corrected chi connectivity index (χ4v) is 4.78. The Hall–Kier alpha value is -3.42. The molecule has 0 aromatic heterocycles. The third-order valence-electron chi connectivity index (χ3n) is 6.14. The summed E-state index contributed by atoms with van der Waals surface area (Å²) in [5, 5.41) is 3.72. The van der Waals surface area contributed by atoms with Crippen LogP contribution >= 0.6 is 23.2 Å². The van der Waals surface area contributed by atoms with Gasteiger partial charge in [0, 0.05) is 23.6 Å². The maximum Gasteiger partial charge on any atom is 0.327 e. The van der Waals surface area contributed by atoms with E-state index >= 15 is 0 Å². The molecule has 1 saturated heterocycles. The topological polar surface area (TPSA) is 65.0 Å². The molecule has 1 fully saturated rings. The van der Waals surface area contributed by atoms with E-state index in [0.29, 0.717) is 27.0 Å². The van der Waals surface area contributed by atoms with Crippen molar-refractivity contribution in [2.24, 2.45) is 4.99 Å². The summed E-state index contributed by atoms with van der Waals surface area (Å²) < 4.78 is 14.4. The third-order valence-corrected chi connectivity index (χ3v) is 6.72. The first-order chi connectivity index (χ1) is 16.9. The van der Waals surface area contributed by atoms with Crippen LogP contribution in [0.5, 0.6) is 0 Å². The normalized spacial score (nSPS) is 20.0. The minimum atomic E-state index is -0.650. The fraction of sp³-hybridized carbons (Fsp3) is 0.192.